The van der Waals surface area contributed by atoms with E-state index in [1.54, 1.807) is 13.8 Å². The number of hydrogen-bond donors (Lipinski definition) is 4. The standard InChI is InChI=1S/C28H42O12/c1-12-18(34)10-28(26(6,7)36)21(12)23(35)25(40-16(5)33)27(8)20(38-14(3)31)9-19(37-13(2)30)17(11-29)22(27)24(28)39-15(4)32/h17-20,22-25,29,34-36H,9-11H2,1-8H3/t17-,18+,19+,20+,22+,23-,24+,25+,27-,28+/m1/s1. The van der Waals surface area contributed by atoms with Crippen LogP contribution in [-0.4, -0.2) is 93.1 Å². The van der Waals surface area contributed by atoms with Gasteiger partial charge in [-0.2, -0.15) is 0 Å². The second-order valence-electron chi connectivity index (χ2n) is 12.1. The fraction of sp³-hybridized carbons (Fsp3) is 0.786. The molecular weight excluding hydrogens is 528 g/mol. The Morgan fingerprint density at radius 2 is 1.40 bits per heavy atom. The van der Waals surface area contributed by atoms with Gasteiger partial charge in [0.25, 0.3) is 0 Å². The van der Waals surface area contributed by atoms with E-state index in [1.807, 2.05) is 0 Å². The fourth-order valence-corrected chi connectivity index (χ4v) is 7.74. The van der Waals surface area contributed by atoms with Gasteiger partial charge in [0.05, 0.1) is 22.5 Å². The molecule has 3 aliphatic carbocycles. The quantitative estimate of drug-likeness (QED) is 0.198. The molecule has 2 saturated carbocycles. The van der Waals surface area contributed by atoms with Gasteiger partial charge in [0, 0.05) is 52.6 Å². The normalized spacial score (nSPS) is 39.4. The SMILES string of the molecule is CC(=O)O[C@H]1C[C@H](OC(C)=O)[C@]2(C)[C@@H]([C@@H]1CO)[C@H](OC(C)=O)[C@]1(C(C)(C)O)C[C@H](O)C(C)=C1[C@@H](O)[C@@H]2OC(C)=O. The maximum absolute atomic E-state index is 12.7. The zero-order valence-corrected chi connectivity index (χ0v) is 24.3. The molecule has 40 heavy (non-hydrogen) atoms. The van der Waals surface area contributed by atoms with Gasteiger partial charge in [-0.1, -0.05) is 6.92 Å². The number of aliphatic hydroxyl groups is 4. The van der Waals surface area contributed by atoms with Crippen LogP contribution in [0.5, 0.6) is 0 Å². The van der Waals surface area contributed by atoms with Gasteiger partial charge in [-0.25, -0.2) is 0 Å². The van der Waals surface area contributed by atoms with Crippen molar-refractivity contribution >= 4 is 23.9 Å². The number of carbonyl (C=O) groups is 4. The molecule has 0 heterocycles. The number of fused-ring (bicyclic) bond motifs is 2. The highest BCUT2D eigenvalue weighted by atomic mass is 16.6. The van der Waals surface area contributed by atoms with E-state index in [2.05, 4.69) is 0 Å². The largest absolute Gasteiger partial charge is 0.462 e. The maximum atomic E-state index is 12.7. The minimum atomic E-state index is -1.76. The molecule has 0 saturated heterocycles. The predicted octanol–water partition coefficient (Wildman–Crippen LogP) is 0.561. The van der Waals surface area contributed by atoms with Gasteiger partial charge in [0.1, 0.15) is 30.5 Å². The van der Waals surface area contributed by atoms with Crippen molar-refractivity contribution in [3.05, 3.63) is 11.1 Å². The molecule has 0 aromatic rings. The summed E-state index contributed by atoms with van der Waals surface area (Å²) in [6.45, 7) is 10.1. The third-order valence-corrected chi connectivity index (χ3v) is 9.24. The molecule has 0 radical (unpaired) electrons. The number of ether oxygens (including phenoxy) is 4. The number of rotatable bonds is 6. The molecule has 0 spiro atoms. The summed E-state index contributed by atoms with van der Waals surface area (Å²) < 4.78 is 23.1. The Morgan fingerprint density at radius 1 is 0.900 bits per heavy atom. The lowest BCUT2D eigenvalue weighted by atomic mass is 9.52. The van der Waals surface area contributed by atoms with Crippen molar-refractivity contribution in [3.8, 4) is 0 Å². The van der Waals surface area contributed by atoms with Crippen LogP contribution in [0.3, 0.4) is 0 Å². The van der Waals surface area contributed by atoms with Gasteiger partial charge >= 0.3 is 23.9 Å². The van der Waals surface area contributed by atoms with E-state index in [-0.39, 0.29) is 18.4 Å². The summed E-state index contributed by atoms with van der Waals surface area (Å²) in [5.41, 5.74) is -4.55. The molecule has 3 aliphatic rings. The van der Waals surface area contributed by atoms with Crippen LogP contribution in [0.15, 0.2) is 11.1 Å². The summed E-state index contributed by atoms with van der Waals surface area (Å²) in [5, 5.41) is 45.7. The Balaban J connectivity index is 2.53. The summed E-state index contributed by atoms with van der Waals surface area (Å²) in [6, 6.07) is 0. The number of hydrogen-bond acceptors (Lipinski definition) is 12. The van der Waals surface area contributed by atoms with Crippen LogP contribution >= 0.6 is 0 Å². The van der Waals surface area contributed by atoms with Crippen molar-refractivity contribution in [3.63, 3.8) is 0 Å². The van der Waals surface area contributed by atoms with E-state index in [4.69, 9.17) is 18.9 Å². The van der Waals surface area contributed by atoms with Gasteiger partial charge in [0.2, 0.25) is 0 Å². The van der Waals surface area contributed by atoms with Crippen LogP contribution < -0.4 is 0 Å². The van der Waals surface area contributed by atoms with Crippen LogP contribution in [0.2, 0.25) is 0 Å². The molecule has 0 aromatic heterocycles. The van der Waals surface area contributed by atoms with Crippen molar-refractivity contribution < 1.29 is 58.6 Å². The highest BCUT2D eigenvalue weighted by molar-refractivity contribution is 5.68. The summed E-state index contributed by atoms with van der Waals surface area (Å²) in [7, 11) is 0. The molecule has 2 fully saturated rings. The first-order valence-corrected chi connectivity index (χ1v) is 13.4. The third kappa shape index (κ3) is 5.03. The van der Waals surface area contributed by atoms with Gasteiger partial charge in [0.15, 0.2) is 0 Å². The zero-order chi connectivity index (χ0) is 30.5. The first-order valence-electron chi connectivity index (χ1n) is 13.4. The van der Waals surface area contributed by atoms with Crippen LogP contribution in [0.25, 0.3) is 0 Å². The Hall–Kier alpha value is -2.54. The lowest BCUT2D eigenvalue weighted by molar-refractivity contribution is -0.247. The minimum absolute atomic E-state index is 0.120. The Morgan fingerprint density at radius 3 is 1.85 bits per heavy atom. The van der Waals surface area contributed by atoms with E-state index in [0.29, 0.717) is 5.57 Å². The fourth-order valence-electron chi connectivity index (χ4n) is 7.74. The average Bonchev–Trinajstić information content (AvgIpc) is 3.04. The molecule has 12 heteroatoms. The molecule has 4 N–H and O–H groups in total. The second-order valence-corrected chi connectivity index (χ2v) is 12.1. The van der Waals surface area contributed by atoms with Crippen molar-refractivity contribution in [2.24, 2.45) is 22.7 Å². The summed E-state index contributed by atoms with van der Waals surface area (Å²) in [4.78, 5) is 49.7. The Labute approximate surface area is 233 Å². The van der Waals surface area contributed by atoms with Crippen molar-refractivity contribution in [2.45, 2.75) is 110 Å². The van der Waals surface area contributed by atoms with E-state index >= 15 is 0 Å². The van der Waals surface area contributed by atoms with Gasteiger partial charge in [-0.05, 0) is 38.3 Å². The molecule has 0 amide bonds. The van der Waals surface area contributed by atoms with Crippen LogP contribution in [0, 0.1) is 22.7 Å². The van der Waals surface area contributed by atoms with Gasteiger partial charge in [-0.3, -0.25) is 19.2 Å². The van der Waals surface area contributed by atoms with E-state index < -0.39 is 95.4 Å². The first kappa shape index (κ1) is 32.0. The first-order chi connectivity index (χ1) is 18.3. The molecule has 0 bridgehead atoms. The molecule has 3 rings (SSSR count). The third-order valence-electron chi connectivity index (χ3n) is 9.24. The number of carbonyl (C=O) groups excluding carboxylic acids is 4. The highest BCUT2D eigenvalue weighted by Gasteiger charge is 2.74. The van der Waals surface area contributed by atoms with E-state index in [1.165, 1.54) is 27.7 Å². The summed E-state index contributed by atoms with van der Waals surface area (Å²) in [5.74, 6) is -5.04. The van der Waals surface area contributed by atoms with Crippen LogP contribution in [-0.2, 0) is 38.1 Å². The van der Waals surface area contributed by atoms with Gasteiger partial charge < -0.3 is 39.4 Å². The van der Waals surface area contributed by atoms with Gasteiger partial charge in [-0.15, -0.1) is 0 Å². The summed E-state index contributed by atoms with van der Waals surface area (Å²) in [6.07, 6.45) is -8.15. The zero-order valence-electron chi connectivity index (χ0n) is 24.3. The van der Waals surface area contributed by atoms with E-state index in [9.17, 15) is 39.6 Å². The van der Waals surface area contributed by atoms with Crippen LogP contribution in [0.1, 0.15) is 68.2 Å². The topological polar surface area (TPSA) is 186 Å². The molecule has 12 nitrogen and oxygen atoms in total. The smallest absolute Gasteiger partial charge is 0.303 e. The number of aliphatic hydroxyl groups excluding tert-OH is 3. The Kier molecular flexibility index (Phi) is 8.82. The second kappa shape index (κ2) is 11.0. The molecule has 10 atom stereocenters. The predicted molar refractivity (Wildman–Crippen MR) is 137 cm³/mol. The van der Waals surface area contributed by atoms with E-state index in [0.717, 1.165) is 13.8 Å². The summed E-state index contributed by atoms with van der Waals surface area (Å²) >= 11 is 0. The van der Waals surface area contributed by atoms with Crippen molar-refractivity contribution in [2.75, 3.05) is 6.61 Å². The molecule has 226 valence electrons. The molecule has 0 aromatic carbocycles. The van der Waals surface area contributed by atoms with Crippen molar-refractivity contribution in [1.29, 1.82) is 0 Å². The van der Waals surface area contributed by atoms with Crippen molar-refractivity contribution in [1.82, 2.24) is 0 Å². The molecular formula is C28H42O12. The van der Waals surface area contributed by atoms with Crippen LogP contribution in [0.4, 0.5) is 0 Å². The maximum Gasteiger partial charge on any atom is 0.303 e. The minimum Gasteiger partial charge on any atom is -0.462 e. The molecule has 0 aliphatic heterocycles. The molecule has 0 unspecified atom stereocenters. The lowest BCUT2D eigenvalue weighted by Gasteiger charge is -2.57. The Bertz CT molecular complexity index is 1080. The number of esters is 4. The average molecular weight is 571 g/mol. The highest BCUT2D eigenvalue weighted by Crippen LogP contribution is 2.65. The lowest BCUT2D eigenvalue weighted by Crippen LogP contribution is -2.67. The monoisotopic (exact) mass is 570 g/mol.